The minimum Gasteiger partial charge on any atom is -0.334 e. The molecule has 1 amide bonds. The van der Waals surface area contributed by atoms with E-state index in [1.165, 1.54) is 6.07 Å². The summed E-state index contributed by atoms with van der Waals surface area (Å²) in [6.45, 7) is 8.43. The molecule has 3 rings (SSSR count). The highest BCUT2D eigenvalue weighted by atomic mass is 79.9. The van der Waals surface area contributed by atoms with Gasteiger partial charge in [-0.3, -0.25) is 4.79 Å². The van der Waals surface area contributed by atoms with E-state index in [1.807, 2.05) is 38.4 Å². The first-order valence-corrected chi connectivity index (χ1v) is 9.69. The molecule has 0 saturated heterocycles. The van der Waals surface area contributed by atoms with Gasteiger partial charge in [0.05, 0.1) is 17.5 Å². The number of hydrogen-bond donors (Lipinski definition) is 0. The monoisotopic (exact) mass is 432 g/mol. The van der Waals surface area contributed by atoms with Gasteiger partial charge in [0, 0.05) is 34.6 Å². The lowest BCUT2D eigenvalue weighted by Gasteiger charge is -2.22. The Labute approximate surface area is 166 Å². The second-order valence-electron chi connectivity index (χ2n) is 6.77. The van der Waals surface area contributed by atoms with E-state index in [4.69, 9.17) is 0 Å². The van der Waals surface area contributed by atoms with Crippen LogP contribution in [0.4, 0.5) is 4.39 Å². The normalized spacial score (nSPS) is 11.4. The van der Waals surface area contributed by atoms with Gasteiger partial charge in [-0.05, 0) is 52.0 Å². The van der Waals surface area contributed by atoms with E-state index in [1.54, 1.807) is 23.2 Å². The molecule has 0 atom stereocenters. The predicted octanol–water partition coefficient (Wildman–Crippen LogP) is 4.88. The third-order valence-electron chi connectivity index (χ3n) is 4.52. The first-order valence-electron chi connectivity index (χ1n) is 8.89. The second-order valence-corrected chi connectivity index (χ2v) is 7.69. The minimum absolute atomic E-state index is 0.166. The van der Waals surface area contributed by atoms with Crippen molar-refractivity contribution in [3.05, 3.63) is 57.6 Å². The molecular weight excluding hydrogens is 411 g/mol. The Bertz CT molecular complexity index is 999. The average Bonchev–Trinajstić information content (AvgIpc) is 3.04. The zero-order valence-corrected chi connectivity index (χ0v) is 17.4. The lowest BCUT2D eigenvalue weighted by molar-refractivity contribution is 0.0750. The summed E-state index contributed by atoms with van der Waals surface area (Å²) < 4.78 is 16.7. The number of hydrogen-bond acceptors (Lipinski definition) is 3. The number of fused-ring (bicyclic) bond motifs is 1. The molecule has 7 heteroatoms. The van der Waals surface area contributed by atoms with Gasteiger partial charge in [0.1, 0.15) is 5.82 Å². The molecule has 0 fully saturated rings. The first-order chi connectivity index (χ1) is 12.8. The van der Waals surface area contributed by atoms with Crippen LogP contribution in [0.15, 0.2) is 34.9 Å². The molecule has 0 saturated carbocycles. The lowest BCUT2D eigenvalue weighted by Crippen LogP contribution is -2.31. The maximum atomic E-state index is 14.1. The number of carbonyl (C=O) groups is 1. The van der Waals surface area contributed by atoms with Gasteiger partial charge in [0.25, 0.3) is 5.91 Å². The van der Waals surface area contributed by atoms with Crippen molar-refractivity contribution in [2.24, 2.45) is 0 Å². The zero-order chi connectivity index (χ0) is 19.7. The van der Waals surface area contributed by atoms with Crippen LogP contribution in [0, 0.1) is 12.7 Å². The van der Waals surface area contributed by atoms with E-state index in [9.17, 15) is 9.18 Å². The quantitative estimate of drug-likeness (QED) is 0.576. The van der Waals surface area contributed by atoms with Gasteiger partial charge in [-0.1, -0.05) is 15.9 Å². The van der Waals surface area contributed by atoms with Gasteiger partial charge in [-0.2, -0.15) is 5.10 Å². The van der Waals surface area contributed by atoms with E-state index in [0.717, 1.165) is 15.5 Å². The number of nitrogens with zero attached hydrogens (tertiary/aromatic N) is 4. The fourth-order valence-electron chi connectivity index (χ4n) is 3.03. The summed E-state index contributed by atoms with van der Waals surface area (Å²) in [6, 6.07) is 6.75. The largest absolute Gasteiger partial charge is 0.334 e. The molecule has 0 unspecified atom stereocenters. The van der Waals surface area contributed by atoms with Crippen LogP contribution in [-0.4, -0.2) is 32.1 Å². The Morgan fingerprint density at radius 3 is 2.74 bits per heavy atom. The van der Waals surface area contributed by atoms with Gasteiger partial charge in [0.2, 0.25) is 0 Å². The lowest BCUT2D eigenvalue weighted by atomic mass is 10.1. The summed E-state index contributed by atoms with van der Waals surface area (Å²) in [5.74, 6) is -0.492. The fraction of sp³-hybridized carbons (Fsp3) is 0.350. The second kappa shape index (κ2) is 7.76. The summed E-state index contributed by atoms with van der Waals surface area (Å²) in [5.41, 5.74) is 2.39. The third kappa shape index (κ3) is 3.88. The van der Waals surface area contributed by atoms with Crippen molar-refractivity contribution < 1.29 is 9.18 Å². The molecule has 142 valence electrons. The molecule has 2 aromatic heterocycles. The van der Waals surface area contributed by atoms with E-state index < -0.39 is 0 Å². The fourth-order valence-corrected chi connectivity index (χ4v) is 3.44. The van der Waals surface area contributed by atoms with Crippen molar-refractivity contribution in [1.82, 2.24) is 19.7 Å². The number of benzene rings is 1. The Morgan fingerprint density at radius 2 is 2.07 bits per heavy atom. The summed E-state index contributed by atoms with van der Waals surface area (Å²) >= 11 is 3.35. The molecule has 0 spiro atoms. The zero-order valence-electron chi connectivity index (χ0n) is 15.8. The maximum Gasteiger partial charge on any atom is 0.256 e. The van der Waals surface area contributed by atoms with Gasteiger partial charge in [0.15, 0.2) is 5.65 Å². The van der Waals surface area contributed by atoms with Crippen LogP contribution in [0.25, 0.3) is 11.0 Å². The molecule has 1 aromatic carbocycles. The molecule has 3 aromatic rings. The summed E-state index contributed by atoms with van der Waals surface area (Å²) in [4.78, 5) is 19.3. The van der Waals surface area contributed by atoms with Gasteiger partial charge in [-0.15, -0.1) is 0 Å². The Morgan fingerprint density at radius 1 is 1.33 bits per heavy atom. The van der Waals surface area contributed by atoms with Crippen molar-refractivity contribution in [2.45, 2.75) is 40.3 Å². The van der Waals surface area contributed by atoms with Crippen molar-refractivity contribution >= 4 is 32.9 Å². The Hall–Kier alpha value is -2.28. The molecule has 0 aliphatic rings. The summed E-state index contributed by atoms with van der Waals surface area (Å²) in [5, 5.41) is 5.19. The van der Waals surface area contributed by atoms with Crippen molar-refractivity contribution in [3.8, 4) is 0 Å². The van der Waals surface area contributed by atoms with Crippen molar-refractivity contribution in [2.75, 3.05) is 6.54 Å². The molecule has 0 radical (unpaired) electrons. The van der Waals surface area contributed by atoms with Crippen molar-refractivity contribution in [3.63, 3.8) is 0 Å². The summed E-state index contributed by atoms with van der Waals surface area (Å²) in [7, 11) is 0. The van der Waals surface area contributed by atoms with E-state index >= 15 is 0 Å². The highest BCUT2D eigenvalue weighted by molar-refractivity contribution is 9.10. The smallest absolute Gasteiger partial charge is 0.256 e. The molecule has 0 aliphatic heterocycles. The van der Waals surface area contributed by atoms with E-state index in [-0.39, 0.29) is 24.3 Å². The van der Waals surface area contributed by atoms with Crippen LogP contribution in [0.5, 0.6) is 0 Å². The van der Waals surface area contributed by atoms with Gasteiger partial charge < -0.3 is 4.90 Å². The van der Waals surface area contributed by atoms with Crippen molar-refractivity contribution in [1.29, 1.82) is 0 Å². The molecule has 5 nitrogen and oxygen atoms in total. The highest BCUT2D eigenvalue weighted by Gasteiger charge is 2.21. The molecule has 0 aliphatic carbocycles. The van der Waals surface area contributed by atoms with Gasteiger partial charge >= 0.3 is 0 Å². The number of halogens is 2. The van der Waals surface area contributed by atoms with Crippen LogP contribution < -0.4 is 0 Å². The molecule has 0 bridgehead atoms. The number of rotatable bonds is 5. The number of aryl methyl sites for hydroxylation is 1. The highest BCUT2D eigenvalue weighted by Crippen LogP contribution is 2.22. The number of pyridine rings is 1. The first kappa shape index (κ1) is 19.5. The third-order valence-corrected chi connectivity index (χ3v) is 5.01. The van der Waals surface area contributed by atoms with E-state index in [2.05, 4.69) is 26.0 Å². The van der Waals surface area contributed by atoms with Crippen LogP contribution >= 0.6 is 15.9 Å². The average molecular weight is 433 g/mol. The minimum atomic E-state index is -0.326. The predicted molar refractivity (Wildman–Crippen MR) is 107 cm³/mol. The number of amides is 1. The van der Waals surface area contributed by atoms with Crippen LogP contribution in [-0.2, 0) is 6.54 Å². The Balaban J connectivity index is 1.95. The number of carbonyl (C=O) groups excluding carboxylic acids is 1. The topological polar surface area (TPSA) is 51.0 Å². The van der Waals surface area contributed by atoms with Crippen LogP contribution in [0.2, 0.25) is 0 Å². The van der Waals surface area contributed by atoms with E-state index in [0.29, 0.717) is 23.4 Å². The van der Waals surface area contributed by atoms with Crippen LogP contribution in [0.3, 0.4) is 0 Å². The number of aromatic nitrogens is 3. The standard InChI is InChI=1S/C20H22BrFN4O/c1-5-25(11-15-8-16(21)6-7-18(15)22)20(27)17-9-14-10-23-26(12(2)3)19(14)24-13(17)4/h6-10,12H,5,11H2,1-4H3. The molecule has 27 heavy (non-hydrogen) atoms. The molecule has 2 heterocycles. The molecular formula is C20H22BrFN4O. The molecule has 0 N–H and O–H groups in total. The maximum absolute atomic E-state index is 14.1. The van der Waals surface area contributed by atoms with Crippen LogP contribution in [0.1, 0.15) is 48.4 Å². The summed E-state index contributed by atoms with van der Waals surface area (Å²) in [6.07, 6.45) is 1.73. The SMILES string of the molecule is CCN(Cc1cc(Br)ccc1F)C(=O)c1cc2cnn(C(C)C)c2nc1C. The Kier molecular flexibility index (Phi) is 5.60. The van der Waals surface area contributed by atoms with Gasteiger partial charge in [-0.25, -0.2) is 14.1 Å².